The summed E-state index contributed by atoms with van der Waals surface area (Å²) in [7, 11) is 0. The van der Waals surface area contributed by atoms with E-state index in [2.05, 4.69) is 15.3 Å². The number of esters is 1. The van der Waals surface area contributed by atoms with E-state index in [0.717, 1.165) is 0 Å². The predicted octanol–water partition coefficient (Wildman–Crippen LogP) is 3.36. The van der Waals surface area contributed by atoms with Crippen molar-refractivity contribution in [3.8, 4) is 0 Å². The molecule has 2 rings (SSSR count). The zero-order chi connectivity index (χ0) is 16.8. The minimum Gasteiger partial charge on any atom is -0.449 e. The van der Waals surface area contributed by atoms with E-state index < -0.39 is 18.0 Å². The zero-order valence-corrected chi connectivity index (χ0v) is 13.6. The third kappa shape index (κ3) is 4.91. The Hall–Kier alpha value is -2.18. The van der Waals surface area contributed by atoms with Crippen LogP contribution in [-0.4, -0.2) is 27.9 Å². The van der Waals surface area contributed by atoms with Crippen molar-refractivity contribution in [2.45, 2.75) is 19.4 Å². The van der Waals surface area contributed by atoms with Gasteiger partial charge in [-0.2, -0.15) is 0 Å². The molecule has 6 nitrogen and oxygen atoms in total. The van der Waals surface area contributed by atoms with Crippen LogP contribution in [0.3, 0.4) is 0 Å². The number of nitrogens with zero attached hydrogens (tertiary/aromatic N) is 2. The van der Waals surface area contributed by atoms with E-state index in [1.165, 1.54) is 24.5 Å². The van der Waals surface area contributed by atoms with Crippen molar-refractivity contribution in [2.24, 2.45) is 0 Å². The lowest BCUT2D eigenvalue weighted by Crippen LogP contribution is -2.32. The quantitative estimate of drug-likeness (QED) is 0.658. The SMILES string of the molecule is CCC(OC(=O)c1ccnc(Cl)c1)C(=O)Nc1ccc(Cl)cn1. The summed E-state index contributed by atoms with van der Waals surface area (Å²) in [5, 5.41) is 3.19. The van der Waals surface area contributed by atoms with Gasteiger partial charge in [0, 0.05) is 12.4 Å². The smallest absolute Gasteiger partial charge is 0.339 e. The first-order valence-electron chi connectivity index (χ1n) is 6.74. The van der Waals surface area contributed by atoms with E-state index in [4.69, 9.17) is 27.9 Å². The molecule has 0 spiro atoms. The molecule has 0 radical (unpaired) electrons. The van der Waals surface area contributed by atoms with Gasteiger partial charge < -0.3 is 10.1 Å². The number of rotatable bonds is 5. The minimum absolute atomic E-state index is 0.169. The molecule has 0 saturated heterocycles. The molecule has 1 amide bonds. The Labute approximate surface area is 142 Å². The van der Waals surface area contributed by atoms with Gasteiger partial charge in [0.25, 0.3) is 5.91 Å². The van der Waals surface area contributed by atoms with Crippen LogP contribution in [0, 0.1) is 0 Å². The number of anilines is 1. The fourth-order valence-corrected chi connectivity index (χ4v) is 1.99. The van der Waals surface area contributed by atoms with Gasteiger partial charge in [0.15, 0.2) is 6.10 Å². The average molecular weight is 354 g/mol. The molecule has 0 aromatic carbocycles. The average Bonchev–Trinajstić information content (AvgIpc) is 2.54. The van der Waals surface area contributed by atoms with Crippen molar-refractivity contribution in [2.75, 3.05) is 5.32 Å². The van der Waals surface area contributed by atoms with Crippen LogP contribution in [-0.2, 0) is 9.53 Å². The number of aromatic nitrogens is 2. The van der Waals surface area contributed by atoms with E-state index in [9.17, 15) is 9.59 Å². The van der Waals surface area contributed by atoms with Crippen LogP contribution in [0.2, 0.25) is 10.2 Å². The van der Waals surface area contributed by atoms with Crippen molar-refractivity contribution in [3.05, 3.63) is 52.4 Å². The monoisotopic (exact) mass is 353 g/mol. The van der Waals surface area contributed by atoms with Gasteiger partial charge in [-0.05, 0) is 30.7 Å². The predicted molar refractivity (Wildman–Crippen MR) is 86.6 cm³/mol. The number of nitrogens with one attached hydrogen (secondary N) is 1. The Morgan fingerprint density at radius 3 is 2.65 bits per heavy atom. The molecule has 0 fully saturated rings. The second-order valence-corrected chi connectivity index (χ2v) is 5.34. The Bertz CT molecular complexity index is 707. The lowest BCUT2D eigenvalue weighted by atomic mass is 10.2. The molecule has 2 aromatic rings. The maximum atomic E-state index is 12.2. The summed E-state index contributed by atoms with van der Waals surface area (Å²) in [4.78, 5) is 31.9. The molecule has 120 valence electrons. The van der Waals surface area contributed by atoms with Crippen LogP contribution in [0.15, 0.2) is 36.7 Å². The molecule has 1 atom stereocenters. The standard InChI is InChI=1S/C15H13Cl2N3O3/c1-2-11(14(21)20-13-4-3-10(16)8-19-13)23-15(22)9-5-6-18-12(17)7-9/h3-8,11H,2H2,1H3,(H,19,20,21). The topological polar surface area (TPSA) is 81.2 Å². The normalized spacial score (nSPS) is 11.6. The van der Waals surface area contributed by atoms with Crippen LogP contribution < -0.4 is 5.32 Å². The molecule has 23 heavy (non-hydrogen) atoms. The summed E-state index contributed by atoms with van der Waals surface area (Å²) in [5.41, 5.74) is 0.223. The molecule has 2 aromatic heterocycles. The first-order valence-corrected chi connectivity index (χ1v) is 7.50. The van der Waals surface area contributed by atoms with Gasteiger partial charge in [-0.25, -0.2) is 14.8 Å². The number of carbonyl (C=O) groups excluding carboxylic acids is 2. The number of halogens is 2. The molecule has 0 saturated carbocycles. The van der Waals surface area contributed by atoms with Gasteiger partial charge in [-0.3, -0.25) is 4.79 Å². The zero-order valence-electron chi connectivity index (χ0n) is 12.1. The molecule has 2 heterocycles. The summed E-state index contributed by atoms with van der Waals surface area (Å²) in [6.45, 7) is 1.73. The van der Waals surface area contributed by atoms with Crippen LogP contribution >= 0.6 is 23.2 Å². The Balaban J connectivity index is 2.02. The van der Waals surface area contributed by atoms with Crippen molar-refractivity contribution >= 4 is 40.9 Å². The maximum absolute atomic E-state index is 12.2. The van der Waals surface area contributed by atoms with Crippen LogP contribution in [0.4, 0.5) is 5.82 Å². The van der Waals surface area contributed by atoms with Crippen LogP contribution in [0.25, 0.3) is 0 Å². The van der Waals surface area contributed by atoms with Gasteiger partial charge in [0.2, 0.25) is 0 Å². The summed E-state index contributed by atoms with van der Waals surface area (Å²) in [6, 6.07) is 5.97. The van der Waals surface area contributed by atoms with Crippen molar-refractivity contribution in [1.82, 2.24) is 9.97 Å². The van der Waals surface area contributed by atoms with Crippen LogP contribution in [0.5, 0.6) is 0 Å². The highest BCUT2D eigenvalue weighted by atomic mass is 35.5. The molecule has 1 N–H and O–H groups in total. The number of pyridine rings is 2. The van der Waals surface area contributed by atoms with Gasteiger partial charge >= 0.3 is 5.97 Å². The van der Waals surface area contributed by atoms with E-state index in [1.807, 2.05) is 0 Å². The Kier molecular flexibility index (Phi) is 5.90. The van der Waals surface area contributed by atoms with Crippen molar-refractivity contribution in [3.63, 3.8) is 0 Å². The molecular weight excluding hydrogens is 341 g/mol. The second-order valence-electron chi connectivity index (χ2n) is 4.52. The number of hydrogen-bond donors (Lipinski definition) is 1. The fourth-order valence-electron chi connectivity index (χ4n) is 1.71. The summed E-state index contributed by atoms with van der Waals surface area (Å²) < 4.78 is 5.21. The van der Waals surface area contributed by atoms with Crippen molar-refractivity contribution in [1.29, 1.82) is 0 Å². The van der Waals surface area contributed by atoms with Crippen LogP contribution in [0.1, 0.15) is 23.7 Å². The third-order valence-corrected chi connectivity index (χ3v) is 3.28. The van der Waals surface area contributed by atoms with Gasteiger partial charge in [0.05, 0.1) is 10.6 Å². The van der Waals surface area contributed by atoms with E-state index in [-0.39, 0.29) is 10.7 Å². The maximum Gasteiger partial charge on any atom is 0.339 e. The summed E-state index contributed by atoms with van der Waals surface area (Å²) >= 11 is 11.5. The summed E-state index contributed by atoms with van der Waals surface area (Å²) in [5.74, 6) is -0.808. The third-order valence-electron chi connectivity index (χ3n) is 2.85. The molecule has 0 aliphatic carbocycles. The Morgan fingerprint density at radius 2 is 2.04 bits per heavy atom. The molecule has 8 heteroatoms. The largest absolute Gasteiger partial charge is 0.449 e. The van der Waals surface area contributed by atoms with E-state index >= 15 is 0 Å². The van der Waals surface area contributed by atoms with Crippen molar-refractivity contribution < 1.29 is 14.3 Å². The number of carbonyl (C=O) groups is 2. The molecule has 0 aliphatic heterocycles. The Morgan fingerprint density at radius 1 is 1.26 bits per heavy atom. The lowest BCUT2D eigenvalue weighted by molar-refractivity contribution is -0.124. The van der Waals surface area contributed by atoms with Gasteiger partial charge in [-0.15, -0.1) is 0 Å². The molecule has 0 bridgehead atoms. The molecular formula is C15H13Cl2N3O3. The van der Waals surface area contributed by atoms with Gasteiger partial charge in [-0.1, -0.05) is 30.1 Å². The fraction of sp³-hybridized carbons (Fsp3) is 0.200. The highest BCUT2D eigenvalue weighted by molar-refractivity contribution is 6.30. The minimum atomic E-state index is -0.952. The summed E-state index contributed by atoms with van der Waals surface area (Å²) in [6.07, 6.45) is 2.15. The van der Waals surface area contributed by atoms with E-state index in [1.54, 1.807) is 19.1 Å². The molecule has 1 unspecified atom stereocenters. The lowest BCUT2D eigenvalue weighted by Gasteiger charge is -2.15. The van der Waals surface area contributed by atoms with Gasteiger partial charge in [0.1, 0.15) is 11.0 Å². The first-order chi connectivity index (χ1) is 11.0. The number of ether oxygens (including phenoxy) is 1. The van der Waals surface area contributed by atoms with E-state index in [0.29, 0.717) is 17.3 Å². The second kappa shape index (κ2) is 7.89. The highest BCUT2D eigenvalue weighted by Gasteiger charge is 2.22. The number of hydrogen-bond acceptors (Lipinski definition) is 5. The molecule has 0 aliphatic rings. The number of amides is 1. The first kappa shape index (κ1) is 17.2. The highest BCUT2D eigenvalue weighted by Crippen LogP contribution is 2.13.